The molecule has 0 bridgehead atoms. The van der Waals surface area contributed by atoms with Gasteiger partial charge in [-0.25, -0.2) is 5.43 Å². The molecule has 7 heteroatoms. The second kappa shape index (κ2) is 10.3. The largest absolute Gasteiger partial charge is 0.497 e. The Bertz CT molecular complexity index is 527. The van der Waals surface area contributed by atoms with E-state index in [1.54, 1.807) is 31.4 Å². The average Bonchev–Trinajstić information content (AvgIpc) is 2.54. The lowest BCUT2D eigenvalue weighted by atomic mass is 10.2. The zero-order chi connectivity index (χ0) is 17.1. The summed E-state index contributed by atoms with van der Waals surface area (Å²) in [6.07, 6.45) is 2.24. The van der Waals surface area contributed by atoms with Gasteiger partial charge in [0.1, 0.15) is 5.75 Å². The van der Waals surface area contributed by atoms with Crippen LogP contribution < -0.4 is 15.5 Å². The van der Waals surface area contributed by atoms with Crippen molar-refractivity contribution in [2.75, 3.05) is 20.3 Å². The van der Waals surface area contributed by atoms with Crippen molar-refractivity contribution >= 4 is 18.0 Å². The summed E-state index contributed by atoms with van der Waals surface area (Å²) in [7, 11) is 1.58. The Morgan fingerprint density at radius 1 is 1.22 bits per heavy atom. The van der Waals surface area contributed by atoms with Gasteiger partial charge in [0.2, 0.25) is 0 Å². The van der Waals surface area contributed by atoms with Crippen LogP contribution in [0.5, 0.6) is 5.75 Å². The number of methoxy groups -OCH3 is 1. The van der Waals surface area contributed by atoms with Crippen LogP contribution in [-0.4, -0.2) is 44.4 Å². The third-order valence-electron chi connectivity index (χ3n) is 2.76. The molecular formula is C16H23N3O4. The first-order valence-corrected chi connectivity index (χ1v) is 7.40. The average molecular weight is 321 g/mol. The highest BCUT2D eigenvalue weighted by Crippen LogP contribution is 2.09. The monoisotopic (exact) mass is 321 g/mol. The number of hydrogen-bond donors (Lipinski definition) is 2. The van der Waals surface area contributed by atoms with Gasteiger partial charge in [0, 0.05) is 13.2 Å². The molecule has 0 heterocycles. The van der Waals surface area contributed by atoms with Crippen molar-refractivity contribution in [1.29, 1.82) is 0 Å². The van der Waals surface area contributed by atoms with E-state index in [0.717, 1.165) is 11.3 Å². The minimum absolute atomic E-state index is 0.154. The van der Waals surface area contributed by atoms with E-state index in [1.807, 2.05) is 13.8 Å². The third-order valence-corrected chi connectivity index (χ3v) is 2.76. The molecule has 2 amide bonds. The number of ether oxygens (including phenoxy) is 2. The fourth-order valence-corrected chi connectivity index (χ4v) is 1.58. The van der Waals surface area contributed by atoms with Gasteiger partial charge >= 0.3 is 11.8 Å². The summed E-state index contributed by atoms with van der Waals surface area (Å²) in [5.41, 5.74) is 2.95. The van der Waals surface area contributed by atoms with E-state index in [2.05, 4.69) is 15.8 Å². The number of carbonyl (C=O) groups is 2. The van der Waals surface area contributed by atoms with E-state index in [1.165, 1.54) is 6.21 Å². The van der Waals surface area contributed by atoms with Crippen LogP contribution in [0.25, 0.3) is 0 Å². The van der Waals surface area contributed by atoms with Crippen LogP contribution in [0.3, 0.4) is 0 Å². The van der Waals surface area contributed by atoms with Gasteiger partial charge in [-0.05, 0) is 50.1 Å². The molecule has 1 aromatic carbocycles. The molecular weight excluding hydrogens is 298 g/mol. The molecule has 0 aliphatic rings. The number of nitrogens with zero attached hydrogens (tertiary/aromatic N) is 1. The lowest BCUT2D eigenvalue weighted by Gasteiger charge is -2.07. The van der Waals surface area contributed by atoms with Crippen LogP contribution >= 0.6 is 0 Å². The predicted octanol–water partition coefficient (Wildman–Crippen LogP) is 1.08. The molecule has 0 fully saturated rings. The molecule has 0 spiro atoms. The number of nitrogens with one attached hydrogen (secondary N) is 2. The summed E-state index contributed by atoms with van der Waals surface area (Å²) in [4.78, 5) is 23.0. The smallest absolute Gasteiger partial charge is 0.329 e. The molecule has 0 aliphatic heterocycles. The van der Waals surface area contributed by atoms with Crippen molar-refractivity contribution in [3.63, 3.8) is 0 Å². The molecule has 0 saturated heterocycles. The first-order valence-electron chi connectivity index (χ1n) is 7.40. The molecule has 126 valence electrons. The number of benzene rings is 1. The van der Waals surface area contributed by atoms with Gasteiger partial charge in [-0.2, -0.15) is 5.10 Å². The molecule has 1 rings (SSSR count). The van der Waals surface area contributed by atoms with E-state index in [-0.39, 0.29) is 6.10 Å². The second-order valence-electron chi connectivity index (χ2n) is 5.00. The highest BCUT2D eigenvalue weighted by Gasteiger charge is 2.11. The Hall–Kier alpha value is -2.41. The van der Waals surface area contributed by atoms with Crippen LogP contribution in [0.1, 0.15) is 25.8 Å². The maximum atomic E-state index is 11.5. The van der Waals surface area contributed by atoms with Crippen LogP contribution in [0, 0.1) is 0 Å². The van der Waals surface area contributed by atoms with Gasteiger partial charge in [0.05, 0.1) is 19.4 Å². The van der Waals surface area contributed by atoms with Gasteiger partial charge < -0.3 is 14.8 Å². The Labute approximate surface area is 136 Å². The van der Waals surface area contributed by atoms with Gasteiger partial charge in [-0.1, -0.05) is 0 Å². The maximum Gasteiger partial charge on any atom is 0.329 e. The van der Waals surface area contributed by atoms with Crippen LogP contribution in [0.15, 0.2) is 29.4 Å². The van der Waals surface area contributed by atoms with Crippen molar-refractivity contribution in [2.45, 2.75) is 26.4 Å². The summed E-state index contributed by atoms with van der Waals surface area (Å²) in [6, 6.07) is 7.11. The summed E-state index contributed by atoms with van der Waals surface area (Å²) in [5, 5.41) is 6.23. The van der Waals surface area contributed by atoms with E-state index >= 15 is 0 Å². The molecule has 0 atom stereocenters. The molecule has 0 saturated carbocycles. The van der Waals surface area contributed by atoms with Gasteiger partial charge in [-0.15, -0.1) is 0 Å². The standard InChI is InChI=1S/C16H23N3O4/c1-12(2)23-10-4-9-17-15(20)16(21)19-18-11-13-5-7-14(22-3)8-6-13/h5-8,11-12H,4,9-10H2,1-3H3,(H,17,20)(H,19,21)/b18-11-. The van der Waals surface area contributed by atoms with Crippen LogP contribution in [0.4, 0.5) is 0 Å². The lowest BCUT2D eigenvalue weighted by Crippen LogP contribution is -2.38. The number of amides is 2. The van der Waals surface area contributed by atoms with Crippen molar-refractivity contribution in [3.05, 3.63) is 29.8 Å². The number of rotatable bonds is 8. The summed E-state index contributed by atoms with van der Waals surface area (Å²) in [6.45, 7) is 4.79. The Balaban J connectivity index is 2.26. The van der Waals surface area contributed by atoms with Crippen LogP contribution in [0.2, 0.25) is 0 Å². The highest BCUT2D eigenvalue weighted by atomic mass is 16.5. The quantitative estimate of drug-likeness (QED) is 0.324. The normalized spacial score (nSPS) is 10.8. The number of carbonyl (C=O) groups excluding carboxylic acids is 2. The first kappa shape index (κ1) is 18.6. The second-order valence-corrected chi connectivity index (χ2v) is 5.00. The minimum Gasteiger partial charge on any atom is -0.497 e. The number of hydrogen-bond acceptors (Lipinski definition) is 5. The van der Waals surface area contributed by atoms with Crippen molar-refractivity contribution in [2.24, 2.45) is 5.10 Å². The molecule has 0 aliphatic carbocycles. The van der Waals surface area contributed by atoms with Crippen LogP contribution in [-0.2, 0) is 14.3 Å². The Kier molecular flexibility index (Phi) is 8.38. The first-order chi connectivity index (χ1) is 11.0. The van der Waals surface area contributed by atoms with E-state index < -0.39 is 11.8 Å². The number of hydrazone groups is 1. The highest BCUT2D eigenvalue weighted by molar-refractivity contribution is 6.35. The van der Waals surface area contributed by atoms with Crippen molar-refractivity contribution in [1.82, 2.24) is 10.7 Å². The fourth-order valence-electron chi connectivity index (χ4n) is 1.58. The molecule has 2 N–H and O–H groups in total. The summed E-state index contributed by atoms with van der Waals surface area (Å²) >= 11 is 0. The molecule has 1 aromatic rings. The maximum absolute atomic E-state index is 11.5. The predicted molar refractivity (Wildman–Crippen MR) is 87.4 cm³/mol. The molecule has 23 heavy (non-hydrogen) atoms. The SMILES string of the molecule is COc1ccc(/C=N\NC(=O)C(=O)NCCCOC(C)C)cc1. The Morgan fingerprint density at radius 2 is 1.91 bits per heavy atom. The third kappa shape index (κ3) is 7.96. The van der Waals surface area contributed by atoms with Gasteiger partial charge in [-0.3, -0.25) is 9.59 Å². The van der Waals surface area contributed by atoms with E-state index in [0.29, 0.717) is 19.6 Å². The zero-order valence-electron chi connectivity index (χ0n) is 13.7. The summed E-state index contributed by atoms with van der Waals surface area (Å²) < 4.78 is 10.4. The molecule has 0 radical (unpaired) electrons. The van der Waals surface area contributed by atoms with Gasteiger partial charge in [0.25, 0.3) is 0 Å². The molecule has 0 unspecified atom stereocenters. The topological polar surface area (TPSA) is 89.0 Å². The molecule has 7 nitrogen and oxygen atoms in total. The van der Waals surface area contributed by atoms with Gasteiger partial charge in [0.15, 0.2) is 0 Å². The van der Waals surface area contributed by atoms with Crippen molar-refractivity contribution in [3.8, 4) is 5.75 Å². The minimum atomic E-state index is -0.806. The summed E-state index contributed by atoms with van der Waals surface area (Å²) in [5.74, 6) is -0.798. The lowest BCUT2D eigenvalue weighted by molar-refractivity contribution is -0.139. The van der Waals surface area contributed by atoms with Crippen molar-refractivity contribution < 1.29 is 19.1 Å². The fraction of sp³-hybridized carbons (Fsp3) is 0.438. The van der Waals surface area contributed by atoms with E-state index in [9.17, 15) is 9.59 Å². The molecule has 0 aromatic heterocycles. The zero-order valence-corrected chi connectivity index (χ0v) is 13.7. The Morgan fingerprint density at radius 3 is 2.52 bits per heavy atom. The van der Waals surface area contributed by atoms with E-state index in [4.69, 9.17) is 9.47 Å².